The van der Waals surface area contributed by atoms with Gasteiger partial charge in [0.05, 0.1) is 18.2 Å². The van der Waals surface area contributed by atoms with E-state index >= 15 is 14.0 Å². The van der Waals surface area contributed by atoms with Crippen LogP contribution in [0.15, 0.2) is 42.0 Å². The first kappa shape index (κ1) is 41.8. The van der Waals surface area contributed by atoms with Crippen LogP contribution in [0.3, 0.4) is 0 Å². The fourth-order valence-electron chi connectivity index (χ4n) is 17.5. The van der Waals surface area contributed by atoms with Gasteiger partial charge in [0.2, 0.25) is 0 Å². The van der Waals surface area contributed by atoms with Crippen LogP contribution in [0, 0.1) is 80.2 Å². The Morgan fingerprint density at radius 1 is 0.883 bits per heavy atom. The number of fused-ring (bicyclic) bond motifs is 1. The maximum Gasteiger partial charge on any atom is 0.410 e. The van der Waals surface area contributed by atoms with Crippen LogP contribution in [-0.4, -0.2) is 57.9 Å². The molecule has 1 unspecified atom stereocenters. The quantitative estimate of drug-likeness (QED) is 0.242. The van der Waals surface area contributed by atoms with Crippen molar-refractivity contribution in [1.29, 1.82) is 0 Å². The highest BCUT2D eigenvalue weighted by Crippen LogP contribution is 2.78. The molecule has 8 heteroatoms. The van der Waals surface area contributed by atoms with E-state index in [-0.39, 0.29) is 64.2 Å². The summed E-state index contributed by atoms with van der Waals surface area (Å²) in [6, 6.07) is 4.60. The average molecular weight is 845 g/mol. The topological polar surface area (TPSA) is 87.1 Å². The van der Waals surface area contributed by atoms with E-state index in [1.54, 1.807) is 12.1 Å². The van der Waals surface area contributed by atoms with Gasteiger partial charge in [-0.2, -0.15) is 0 Å². The third-order valence-corrected chi connectivity index (χ3v) is 20.4. The molecule has 2 spiro atoms. The van der Waals surface area contributed by atoms with Gasteiger partial charge >= 0.3 is 6.09 Å². The van der Waals surface area contributed by atoms with Gasteiger partial charge in [0.25, 0.3) is 0 Å². The highest BCUT2D eigenvalue weighted by Gasteiger charge is 2.74. The number of ketones is 1. The SMILES string of the molecule is CC(C)[C@H]1CC[C@H](C)C[C@@H]1OC(=O)N(CC12CC3CC(CC(C3)C1)C2)C[C@]1(O)CC[C@H]2[C@]34C=C[C@@]5(C=C3C(=O)Cc3c(F)cccc3Cl)CC(O)CC[C@]5(C)[C@H]4CC[C@@]21C. The van der Waals surface area contributed by atoms with Crippen molar-refractivity contribution >= 4 is 23.5 Å². The van der Waals surface area contributed by atoms with Crippen LogP contribution in [0.4, 0.5) is 9.18 Å². The second-order valence-electron chi connectivity index (χ2n) is 23.6. The Hall–Kier alpha value is -2.22. The number of ether oxygens (including phenoxy) is 1. The lowest BCUT2D eigenvalue weighted by Crippen LogP contribution is -2.67. The standard InChI is InChI=1S/C52H71ClFNO5/c1-31(2)37-10-9-32(3)19-43(37)60-46(58)55(29-49-24-33-20-34(25-49)22-35(21-33)26-49)30-51(59)16-13-45-48(51,5)15-12-44-47(4)14-11-36(56)27-50(47)17-18-52(44,45)39(28-50)42(57)23-38-40(53)7-6-8-41(38)54/h6-8,17-18,28,31-37,43-45,56,59H,9-16,19-27,29-30H2,1-5H3/t32-,33?,34?,35?,36?,37+,43-,44+,45+,47+,48-,49?,50-,51+,52+/m0/s1. The highest BCUT2D eigenvalue weighted by atomic mass is 35.5. The van der Waals surface area contributed by atoms with Gasteiger partial charge in [0, 0.05) is 45.4 Å². The molecule has 11 atom stereocenters. The van der Waals surface area contributed by atoms with Crippen LogP contribution >= 0.6 is 11.6 Å². The summed E-state index contributed by atoms with van der Waals surface area (Å²) >= 11 is 6.57. The summed E-state index contributed by atoms with van der Waals surface area (Å²) in [5.74, 6) is 2.94. The lowest BCUT2D eigenvalue weighted by atomic mass is 9.32. The van der Waals surface area contributed by atoms with Crippen molar-refractivity contribution in [2.24, 2.45) is 74.4 Å². The summed E-state index contributed by atoms with van der Waals surface area (Å²) in [7, 11) is 0. The molecule has 11 aliphatic carbocycles. The average Bonchev–Trinajstić information content (AvgIpc) is 3.45. The van der Waals surface area contributed by atoms with Crippen molar-refractivity contribution < 1.29 is 28.9 Å². The second kappa shape index (κ2) is 14.4. The maximum absolute atomic E-state index is 15.4. The largest absolute Gasteiger partial charge is 0.446 e. The van der Waals surface area contributed by atoms with Crippen molar-refractivity contribution in [3.05, 3.63) is 58.4 Å². The first-order valence-corrected chi connectivity index (χ1v) is 24.6. The first-order valence-electron chi connectivity index (χ1n) is 24.2. The molecule has 6 nitrogen and oxygen atoms in total. The lowest BCUT2D eigenvalue weighted by molar-refractivity contribution is -0.180. The lowest BCUT2D eigenvalue weighted by Gasteiger charge is -2.71. The van der Waals surface area contributed by atoms with E-state index in [2.05, 4.69) is 52.8 Å². The Labute approximate surface area is 363 Å². The number of hydrogen-bond acceptors (Lipinski definition) is 5. The molecular weight excluding hydrogens is 773 g/mol. The number of rotatable bonds is 9. The van der Waals surface area contributed by atoms with Gasteiger partial charge in [0.1, 0.15) is 11.9 Å². The molecule has 2 N–H and O–H groups in total. The first-order chi connectivity index (χ1) is 28.4. The smallest absolute Gasteiger partial charge is 0.410 e. The molecule has 0 aromatic heterocycles. The zero-order chi connectivity index (χ0) is 42.2. The molecule has 1 amide bonds. The van der Waals surface area contributed by atoms with Crippen molar-refractivity contribution in [1.82, 2.24) is 4.90 Å². The van der Waals surface area contributed by atoms with E-state index in [0.29, 0.717) is 37.1 Å². The van der Waals surface area contributed by atoms with Gasteiger partial charge in [-0.15, -0.1) is 0 Å². The maximum atomic E-state index is 15.4. The number of benzene rings is 1. The minimum absolute atomic E-state index is 0.0693. The van der Waals surface area contributed by atoms with Gasteiger partial charge in [-0.3, -0.25) is 4.79 Å². The van der Waals surface area contributed by atoms with Crippen LogP contribution in [0.5, 0.6) is 0 Å². The third kappa shape index (κ3) is 6.16. The zero-order valence-electron chi connectivity index (χ0n) is 37.0. The van der Waals surface area contributed by atoms with E-state index in [9.17, 15) is 10.2 Å². The molecule has 328 valence electrons. The second-order valence-corrected chi connectivity index (χ2v) is 24.0. The van der Waals surface area contributed by atoms with Crippen molar-refractivity contribution in [3.8, 4) is 0 Å². The minimum atomic E-state index is -1.19. The molecule has 12 rings (SSSR count). The van der Waals surface area contributed by atoms with E-state index in [4.69, 9.17) is 16.3 Å². The minimum Gasteiger partial charge on any atom is -0.446 e. The van der Waals surface area contributed by atoms with Crippen LogP contribution < -0.4 is 0 Å². The summed E-state index contributed by atoms with van der Waals surface area (Å²) in [5.41, 5.74) is -2.11. The molecule has 6 bridgehead atoms. The number of halogens is 2. The highest BCUT2D eigenvalue weighted by molar-refractivity contribution is 6.31. The van der Waals surface area contributed by atoms with Gasteiger partial charge in [-0.05, 0) is 167 Å². The Balaban J connectivity index is 1.01. The predicted octanol–water partition coefficient (Wildman–Crippen LogP) is 11.3. The number of carbonyl (C=O) groups excluding carboxylic acids is 2. The van der Waals surface area contributed by atoms with Crippen molar-refractivity contribution in [2.75, 3.05) is 13.1 Å². The molecule has 8 saturated carbocycles. The Bertz CT molecular complexity index is 1920. The molecule has 1 aromatic rings. The molecule has 11 aliphatic rings. The van der Waals surface area contributed by atoms with Gasteiger partial charge in [-0.1, -0.05) is 76.9 Å². The number of nitrogens with zero attached hydrogens (tertiary/aromatic N) is 1. The molecule has 0 saturated heterocycles. The van der Waals surface area contributed by atoms with E-state index in [1.165, 1.54) is 44.6 Å². The zero-order valence-corrected chi connectivity index (χ0v) is 37.8. The molecular formula is C52H71ClFNO5. The van der Waals surface area contributed by atoms with Crippen LogP contribution in [0.1, 0.15) is 143 Å². The number of amides is 1. The summed E-state index contributed by atoms with van der Waals surface area (Å²) < 4.78 is 22.1. The summed E-state index contributed by atoms with van der Waals surface area (Å²) in [4.78, 5) is 32.0. The van der Waals surface area contributed by atoms with E-state index in [0.717, 1.165) is 74.7 Å². The summed E-state index contributed by atoms with van der Waals surface area (Å²) in [6.45, 7) is 12.3. The number of aliphatic hydroxyl groups is 2. The molecule has 0 radical (unpaired) electrons. The van der Waals surface area contributed by atoms with Crippen LogP contribution in [-0.2, 0) is 16.0 Å². The number of aliphatic hydroxyl groups excluding tert-OH is 1. The molecule has 1 aromatic carbocycles. The van der Waals surface area contributed by atoms with E-state index in [1.807, 2.05) is 4.90 Å². The van der Waals surface area contributed by atoms with Gasteiger partial charge in [0.15, 0.2) is 5.78 Å². The molecule has 0 aliphatic heterocycles. The predicted molar refractivity (Wildman–Crippen MR) is 232 cm³/mol. The Morgan fingerprint density at radius 2 is 1.55 bits per heavy atom. The van der Waals surface area contributed by atoms with E-state index < -0.39 is 33.8 Å². The summed E-state index contributed by atoms with van der Waals surface area (Å²) in [5, 5.41) is 25.0. The monoisotopic (exact) mass is 844 g/mol. The fraction of sp³-hybridized carbons (Fsp3) is 0.769. The summed E-state index contributed by atoms with van der Waals surface area (Å²) in [6.07, 6.45) is 21.5. The number of carbonyl (C=O) groups is 2. The van der Waals surface area contributed by atoms with Crippen molar-refractivity contribution in [2.45, 2.75) is 162 Å². The Morgan fingerprint density at radius 3 is 2.23 bits per heavy atom. The molecule has 0 heterocycles. The van der Waals surface area contributed by atoms with Gasteiger partial charge < -0.3 is 19.8 Å². The number of allylic oxidation sites excluding steroid dienone is 4. The molecule has 8 fully saturated rings. The number of Topliss-reactive ketones (excluding diaryl/α,β-unsaturated/α-hetero) is 1. The third-order valence-electron chi connectivity index (χ3n) is 20.0. The Kier molecular flexibility index (Phi) is 10.0. The normalized spacial score (nSPS) is 47.1. The van der Waals surface area contributed by atoms with Gasteiger partial charge in [-0.25, -0.2) is 9.18 Å². The van der Waals surface area contributed by atoms with Crippen LogP contribution in [0.2, 0.25) is 5.02 Å². The fourth-order valence-corrected chi connectivity index (χ4v) is 17.7. The molecule has 60 heavy (non-hydrogen) atoms. The number of hydrogen-bond donors (Lipinski definition) is 2. The van der Waals surface area contributed by atoms with Crippen LogP contribution in [0.25, 0.3) is 0 Å². The van der Waals surface area contributed by atoms with Crippen molar-refractivity contribution in [3.63, 3.8) is 0 Å².